The zero-order valence-corrected chi connectivity index (χ0v) is 11.0. The van der Waals surface area contributed by atoms with Gasteiger partial charge in [0.2, 0.25) is 0 Å². The van der Waals surface area contributed by atoms with Crippen LogP contribution in [0.1, 0.15) is 0 Å². The summed E-state index contributed by atoms with van der Waals surface area (Å²) in [5, 5.41) is 3.23. The summed E-state index contributed by atoms with van der Waals surface area (Å²) >= 11 is 13.0. The fourth-order valence-corrected chi connectivity index (χ4v) is 2.25. The molecule has 0 amide bonds. The lowest BCUT2D eigenvalue weighted by Gasteiger charge is -2.08. The Morgan fingerprint density at radius 2 is 1.88 bits per heavy atom. The van der Waals surface area contributed by atoms with Crippen LogP contribution in [0.5, 0.6) is 0 Å². The van der Waals surface area contributed by atoms with Crippen LogP contribution in [0.4, 0.5) is 13.2 Å². The molecule has 0 saturated carbocycles. The molecule has 0 aliphatic heterocycles. The standard InChI is InChI=1S/C10H10Cl2F3NS/c11-8-2-1-7(5-9(8)12)17-4-3-16-6-10(13,14)15/h1-2,5,16H,3-4,6H2. The number of alkyl halides is 3. The van der Waals surface area contributed by atoms with E-state index in [0.717, 1.165) is 4.90 Å². The third-order valence-corrected chi connectivity index (χ3v) is 3.50. The van der Waals surface area contributed by atoms with Gasteiger partial charge in [0.1, 0.15) is 0 Å². The van der Waals surface area contributed by atoms with Crippen molar-refractivity contribution in [1.82, 2.24) is 5.32 Å². The van der Waals surface area contributed by atoms with E-state index in [0.29, 0.717) is 15.8 Å². The predicted molar refractivity (Wildman–Crippen MR) is 66.1 cm³/mol. The van der Waals surface area contributed by atoms with Crippen LogP contribution in [0.15, 0.2) is 23.1 Å². The summed E-state index contributed by atoms with van der Waals surface area (Å²) in [6.07, 6.45) is -4.16. The first-order chi connectivity index (χ1) is 7.88. The molecular formula is C10H10Cl2F3NS. The maximum absolute atomic E-state index is 11.8. The fraction of sp³-hybridized carbons (Fsp3) is 0.400. The number of benzene rings is 1. The van der Waals surface area contributed by atoms with Crippen molar-refractivity contribution in [2.45, 2.75) is 11.1 Å². The quantitative estimate of drug-likeness (QED) is 0.645. The van der Waals surface area contributed by atoms with E-state index in [2.05, 4.69) is 5.32 Å². The number of thioether (sulfide) groups is 1. The second-order valence-electron chi connectivity index (χ2n) is 3.22. The van der Waals surface area contributed by atoms with E-state index in [-0.39, 0.29) is 6.54 Å². The van der Waals surface area contributed by atoms with Crippen LogP contribution < -0.4 is 5.32 Å². The summed E-state index contributed by atoms with van der Waals surface area (Å²) in [6.45, 7) is -0.681. The Kier molecular flexibility index (Phi) is 5.92. The SMILES string of the molecule is FC(F)(F)CNCCSc1ccc(Cl)c(Cl)c1. The van der Waals surface area contributed by atoms with Gasteiger partial charge in [-0.05, 0) is 18.2 Å². The third kappa shape index (κ3) is 6.41. The Hall–Kier alpha value is -0.100. The highest BCUT2D eigenvalue weighted by Gasteiger charge is 2.25. The monoisotopic (exact) mass is 303 g/mol. The van der Waals surface area contributed by atoms with E-state index >= 15 is 0 Å². The molecule has 0 radical (unpaired) electrons. The molecule has 0 heterocycles. The Labute approximate surface area is 112 Å². The van der Waals surface area contributed by atoms with Gasteiger partial charge in [-0.15, -0.1) is 11.8 Å². The van der Waals surface area contributed by atoms with Gasteiger partial charge >= 0.3 is 6.18 Å². The zero-order valence-electron chi connectivity index (χ0n) is 8.65. The highest BCUT2D eigenvalue weighted by Crippen LogP contribution is 2.27. The van der Waals surface area contributed by atoms with Gasteiger partial charge in [0.05, 0.1) is 16.6 Å². The summed E-state index contributed by atoms with van der Waals surface area (Å²) in [5.74, 6) is 0.536. The molecule has 7 heteroatoms. The summed E-state index contributed by atoms with van der Waals surface area (Å²) < 4.78 is 35.4. The van der Waals surface area contributed by atoms with E-state index in [1.807, 2.05) is 0 Å². The normalized spacial score (nSPS) is 11.8. The van der Waals surface area contributed by atoms with E-state index in [4.69, 9.17) is 23.2 Å². The van der Waals surface area contributed by atoms with Crippen molar-refractivity contribution in [1.29, 1.82) is 0 Å². The number of hydrogen-bond donors (Lipinski definition) is 1. The lowest BCUT2D eigenvalue weighted by molar-refractivity contribution is -0.124. The lowest BCUT2D eigenvalue weighted by Crippen LogP contribution is -2.30. The second kappa shape index (κ2) is 6.73. The molecule has 0 aliphatic rings. The smallest absolute Gasteiger partial charge is 0.308 e. The van der Waals surface area contributed by atoms with Crippen molar-refractivity contribution >= 4 is 35.0 Å². The molecule has 0 bridgehead atoms. The average Bonchev–Trinajstić information content (AvgIpc) is 2.21. The molecule has 0 fully saturated rings. The molecule has 1 N–H and O–H groups in total. The topological polar surface area (TPSA) is 12.0 Å². The summed E-state index contributed by atoms with van der Waals surface area (Å²) in [5.41, 5.74) is 0. The average molecular weight is 304 g/mol. The zero-order chi connectivity index (χ0) is 12.9. The summed E-state index contributed by atoms with van der Waals surface area (Å²) in [6, 6.07) is 5.14. The van der Waals surface area contributed by atoms with Gasteiger partial charge in [0, 0.05) is 17.2 Å². The minimum atomic E-state index is -4.16. The van der Waals surface area contributed by atoms with Crippen molar-refractivity contribution in [3.05, 3.63) is 28.2 Å². The Morgan fingerprint density at radius 3 is 2.47 bits per heavy atom. The maximum atomic E-state index is 11.8. The van der Waals surface area contributed by atoms with Crippen molar-refractivity contribution in [3.8, 4) is 0 Å². The largest absolute Gasteiger partial charge is 0.401 e. The van der Waals surface area contributed by atoms with Crippen LogP contribution in [-0.2, 0) is 0 Å². The van der Waals surface area contributed by atoms with Gasteiger partial charge < -0.3 is 5.32 Å². The molecule has 17 heavy (non-hydrogen) atoms. The molecule has 0 saturated heterocycles. The minimum absolute atomic E-state index is 0.282. The maximum Gasteiger partial charge on any atom is 0.401 e. The second-order valence-corrected chi connectivity index (χ2v) is 5.20. The number of rotatable bonds is 5. The minimum Gasteiger partial charge on any atom is -0.308 e. The van der Waals surface area contributed by atoms with Crippen molar-refractivity contribution in [2.24, 2.45) is 0 Å². The van der Waals surface area contributed by atoms with Gasteiger partial charge in [-0.3, -0.25) is 0 Å². The fourth-order valence-electron chi connectivity index (χ4n) is 1.04. The Bertz CT molecular complexity index is 371. The summed E-state index contributed by atoms with van der Waals surface area (Å²) in [4.78, 5) is 0.883. The molecule has 96 valence electrons. The first kappa shape index (κ1) is 15.0. The third-order valence-electron chi connectivity index (χ3n) is 1.76. The molecule has 0 unspecified atom stereocenters. The molecule has 0 spiro atoms. The van der Waals surface area contributed by atoms with Crippen LogP contribution in [0.3, 0.4) is 0 Å². The lowest BCUT2D eigenvalue weighted by atomic mass is 10.4. The molecule has 1 nitrogen and oxygen atoms in total. The van der Waals surface area contributed by atoms with Gasteiger partial charge in [-0.25, -0.2) is 0 Å². The molecule has 1 aromatic rings. The Balaban J connectivity index is 2.25. The van der Waals surface area contributed by atoms with Gasteiger partial charge in [-0.2, -0.15) is 13.2 Å². The van der Waals surface area contributed by atoms with Crippen molar-refractivity contribution < 1.29 is 13.2 Å². The van der Waals surface area contributed by atoms with E-state index in [1.54, 1.807) is 18.2 Å². The first-order valence-electron chi connectivity index (χ1n) is 4.74. The molecule has 0 aliphatic carbocycles. The van der Waals surface area contributed by atoms with Crippen LogP contribution in [0.25, 0.3) is 0 Å². The van der Waals surface area contributed by atoms with Gasteiger partial charge in [0.25, 0.3) is 0 Å². The van der Waals surface area contributed by atoms with Crippen LogP contribution >= 0.6 is 35.0 Å². The van der Waals surface area contributed by atoms with Gasteiger partial charge in [0.15, 0.2) is 0 Å². The van der Waals surface area contributed by atoms with E-state index in [1.165, 1.54) is 11.8 Å². The number of halogens is 5. The Morgan fingerprint density at radius 1 is 1.18 bits per heavy atom. The van der Waals surface area contributed by atoms with Crippen LogP contribution in [0.2, 0.25) is 10.0 Å². The van der Waals surface area contributed by atoms with Crippen molar-refractivity contribution in [2.75, 3.05) is 18.8 Å². The molecular weight excluding hydrogens is 294 g/mol. The first-order valence-corrected chi connectivity index (χ1v) is 6.48. The van der Waals surface area contributed by atoms with Crippen molar-refractivity contribution in [3.63, 3.8) is 0 Å². The van der Waals surface area contributed by atoms with E-state index in [9.17, 15) is 13.2 Å². The molecule has 0 atom stereocenters. The predicted octanol–water partition coefficient (Wildman–Crippen LogP) is 4.24. The number of hydrogen-bond acceptors (Lipinski definition) is 2. The summed E-state index contributed by atoms with van der Waals surface area (Å²) in [7, 11) is 0. The molecule has 1 aromatic carbocycles. The highest BCUT2D eigenvalue weighted by atomic mass is 35.5. The molecule has 1 rings (SSSR count). The van der Waals surface area contributed by atoms with Crippen LogP contribution in [0, 0.1) is 0 Å². The number of nitrogens with one attached hydrogen (secondary N) is 1. The highest BCUT2D eigenvalue weighted by molar-refractivity contribution is 7.99. The molecule has 0 aromatic heterocycles. The van der Waals surface area contributed by atoms with Crippen LogP contribution in [-0.4, -0.2) is 25.0 Å². The van der Waals surface area contributed by atoms with E-state index < -0.39 is 12.7 Å². The van der Waals surface area contributed by atoms with Gasteiger partial charge in [-0.1, -0.05) is 23.2 Å².